The van der Waals surface area contributed by atoms with Crippen molar-refractivity contribution in [1.29, 1.82) is 0 Å². The van der Waals surface area contributed by atoms with Gasteiger partial charge in [0.2, 0.25) is 0 Å². The van der Waals surface area contributed by atoms with Gasteiger partial charge in [-0.2, -0.15) is 0 Å². The highest BCUT2D eigenvalue weighted by Gasteiger charge is 2.60. The largest absolute Gasteiger partial charge is 0.463 e. The minimum Gasteiger partial charge on any atom is -0.463 e. The Morgan fingerprint density at radius 3 is 2.65 bits per heavy atom. The van der Waals surface area contributed by atoms with Gasteiger partial charge in [-0.15, -0.1) is 0 Å². The Bertz CT molecular complexity index is 598. The summed E-state index contributed by atoms with van der Waals surface area (Å²) >= 11 is 0. The molecule has 0 saturated heterocycles. The van der Waals surface area contributed by atoms with Crippen LogP contribution in [0.1, 0.15) is 72.6 Å². The van der Waals surface area contributed by atoms with Crippen molar-refractivity contribution >= 4 is 5.97 Å². The number of esters is 1. The molecular weight excluding hydrogens is 324 g/mol. The van der Waals surface area contributed by atoms with E-state index < -0.39 is 0 Å². The number of carbonyl (C=O) groups excluding carboxylic acids is 1. The molecule has 0 aromatic carbocycles. The number of hydrogen-bond acceptors (Lipinski definition) is 3. The van der Waals surface area contributed by atoms with E-state index in [0.29, 0.717) is 17.3 Å². The third-order valence-electron chi connectivity index (χ3n) is 9.16. The molecule has 0 aromatic heterocycles. The average molecular weight is 361 g/mol. The summed E-state index contributed by atoms with van der Waals surface area (Å²) in [5.74, 6) is 3.33. The fourth-order valence-electron chi connectivity index (χ4n) is 7.95. The molecule has 3 saturated carbocycles. The van der Waals surface area contributed by atoms with Crippen LogP contribution in [0.3, 0.4) is 0 Å². The zero-order chi connectivity index (χ0) is 18.7. The van der Waals surface area contributed by atoms with Crippen molar-refractivity contribution < 1.29 is 14.6 Å². The first-order valence-electron chi connectivity index (χ1n) is 10.8. The van der Waals surface area contributed by atoms with Crippen molar-refractivity contribution in [2.45, 2.75) is 84.8 Å². The molecule has 3 heteroatoms. The van der Waals surface area contributed by atoms with E-state index in [1.165, 1.54) is 45.4 Å². The molecule has 0 aromatic rings. The first-order valence-corrected chi connectivity index (χ1v) is 10.8. The number of aliphatic hydroxyl groups is 1. The van der Waals surface area contributed by atoms with Crippen molar-refractivity contribution in [2.24, 2.45) is 40.4 Å². The van der Waals surface area contributed by atoms with E-state index in [2.05, 4.69) is 32.9 Å². The van der Waals surface area contributed by atoms with Crippen LogP contribution in [0.25, 0.3) is 0 Å². The van der Waals surface area contributed by atoms with Crippen molar-refractivity contribution in [3.05, 3.63) is 12.2 Å². The maximum absolute atomic E-state index is 11.5. The number of allylic oxidation sites excluding steroid dienone is 1. The molecular formula is C23H36O3. The standard InChI is InChI=1S/C23H36O3/c1-14(26-15(2)24)19-7-8-20-18-6-5-16-13-17(25)9-11-22(16,3)21(18)10-12-23(19,20)4/h9,11,14,16-21,25H,5-8,10,12-13H2,1-4H3/t14?,16?,17?,18-,19+,20-,21-,22-,23+/m0/s1. The summed E-state index contributed by atoms with van der Waals surface area (Å²) < 4.78 is 5.62. The Kier molecular flexibility index (Phi) is 4.53. The molecule has 3 fully saturated rings. The molecule has 0 aliphatic heterocycles. The summed E-state index contributed by atoms with van der Waals surface area (Å²) in [6, 6.07) is 0. The summed E-state index contributed by atoms with van der Waals surface area (Å²) in [6.45, 7) is 8.59. The zero-order valence-electron chi connectivity index (χ0n) is 16.9. The molecule has 26 heavy (non-hydrogen) atoms. The molecule has 4 aliphatic carbocycles. The molecule has 4 aliphatic rings. The number of fused-ring (bicyclic) bond motifs is 5. The van der Waals surface area contributed by atoms with Crippen molar-refractivity contribution in [3.63, 3.8) is 0 Å². The van der Waals surface area contributed by atoms with Gasteiger partial charge in [0, 0.05) is 12.8 Å². The van der Waals surface area contributed by atoms with E-state index in [4.69, 9.17) is 4.74 Å². The Balaban J connectivity index is 1.58. The number of hydrogen-bond donors (Lipinski definition) is 1. The first-order chi connectivity index (χ1) is 12.3. The predicted octanol–water partition coefficient (Wildman–Crippen LogP) is 4.73. The summed E-state index contributed by atoms with van der Waals surface area (Å²) in [4.78, 5) is 11.5. The topological polar surface area (TPSA) is 46.5 Å². The molecule has 0 bridgehead atoms. The highest BCUT2D eigenvalue weighted by molar-refractivity contribution is 5.66. The monoisotopic (exact) mass is 360 g/mol. The van der Waals surface area contributed by atoms with Crippen LogP contribution in [0, 0.1) is 40.4 Å². The van der Waals surface area contributed by atoms with Crippen LogP contribution in [0.5, 0.6) is 0 Å². The lowest BCUT2D eigenvalue weighted by molar-refractivity contribution is -0.153. The predicted molar refractivity (Wildman–Crippen MR) is 102 cm³/mol. The second-order valence-electron chi connectivity index (χ2n) is 10.2. The van der Waals surface area contributed by atoms with E-state index in [0.717, 1.165) is 24.2 Å². The van der Waals surface area contributed by atoms with E-state index in [-0.39, 0.29) is 23.6 Å². The molecule has 3 nitrogen and oxygen atoms in total. The smallest absolute Gasteiger partial charge is 0.302 e. The number of aliphatic hydroxyl groups excluding tert-OH is 1. The van der Waals surface area contributed by atoms with E-state index in [1.807, 2.05) is 0 Å². The van der Waals surface area contributed by atoms with Gasteiger partial charge >= 0.3 is 5.97 Å². The lowest BCUT2D eigenvalue weighted by Gasteiger charge is -2.59. The highest BCUT2D eigenvalue weighted by Crippen LogP contribution is 2.67. The minimum atomic E-state index is -0.237. The first kappa shape index (κ1) is 18.5. The summed E-state index contributed by atoms with van der Waals surface area (Å²) in [5, 5.41) is 10.1. The SMILES string of the molecule is CC(=O)OC(C)[C@H]1CC[C@H]2[C@@H]3CCC4CC(O)C=C[C@]4(C)[C@H]3CC[C@]12C. The quantitative estimate of drug-likeness (QED) is 0.572. The number of rotatable bonds is 2. The van der Waals surface area contributed by atoms with E-state index in [1.54, 1.807) is 0 Å². The van der Waals surface area contributed by atoms with Crippen molar-refractivity contribution in [2.75, 3.05) is 0 Å². The van der Waals surface area contributed by atoms with Gasteiger partial charge in [0.15, 0.2) is 0 Å². The van der Waals surface area contributed by atoms with Gasteiger partial charge in [-0.05, 0) is 86.4 Å². The maximum atomic E-state index is 11.5. The molecule has 9 atom stereocenters. The Labute approximate surface area is 158 Å². The van der Waals surface area contributed by atoms with Gasteiger partial charge < -0.3 is 9.84 Å². The molecule has 3 unspecified atom stereocenters. The van der Waals surface area contributed by atoms with Crippen LogP contribution in [-0.4, -0.2) is 23.3 Å². The van der Waals surface area contributed by atoms with E-state index in [9.17, 15) is 9.90 Å². The normalized spacial score (nSPS) is 51.1. The molecule has 1 N–H and O–H groups in total. The van der Waals surface area contributed by atoms with Crippen LogP contribution in [-0.2, 0) is 9.53 Å². The second kappa shape index (κ2) is 6.36. The Morgan fingerprint density at radius 2 is 1.92 bits per heavy atom. The molecule has 0 amide bonds. The van der Waals surface area contributed by atoms with Gasteiger partial charge in [0.25, 0.3) is 0 Å². The summed E-state index contributed by atoms with van der Waals surface area (Å²) in [6.07, 6.45) is 12.8. The van der Waals surface area contributed by atoms with Crippen molar-refractivity contribution in [1.82, 2.24) is 0 Å². The molecule has 0 heterocycles. The third kappa shape index (κ3) is 2.68. The highest BCUT2D eigenvalue weighted by atomic mass is 16.5. The lowest BCUT2D eigenvalue weighted by Crippen LogP contribution is -2.53. The molecule has 146 valence electrons. The van der Waals surface area contributed by atoms with Gasteiger partial charge in [-0.1, -0.05) is 26.0 Å². The average Bonchev–Trinajstić information content (AvgIpc) is 2.92. The second-order valence-corrected chi connectivity index (χ2v) is 10.2. The fourth-order valence-corrected chi connectivity index (χ4v) is 7.95. The van der Waals surface area contributed by atoms with Gasteiger partial charge in [0.1, 0.15) is 6.10 Å². The summed E-state index contributed by atoms with van der Waals surface area (Å²) in [7, 11) is 0. The summed E-state index contributed by atoms with van der Waals surface area (Å²) in [5.41, 5.74) is 0.584. The van der Waals surface area contributed by atoms with Crippen molar-refractivity contribution in [3.8, 4) is 0 Å². The number of ether oxygens (including phenoxy) is 1. The molecule has 0 radical (unpaired) electrons. The number of carbonyl (C=O) groups is 1. The van der Waals surface area contributed by atoms with Crippen LogP contribution in [0.4, 0.5) is 0 Å². The van der Waals surface area contributed by atoms with Gasteiger partial charge in [-0.25, -0.2) is 0 Å². The lowest BCUT2D eigenvalue weighted by atomic mass is 9.45. The Morgan fingerprint density at radius 1 is 1.15 bits per heavy atom. The maximum Gasteiger partial charge on any atom is 0.302 e. The van der Waals surface area contributed by atoms with Crippen LogP contribution < -0.4 is 0 Å². The zero-order valence-corrected chi connectivity index (χ0v) is 16.9. The Hall–Kier alpha value is -0.830. The van der Waals surface area contributed by atoms with E-state index >= 15 is 0 Å². The third-order valence-corrected chi connectivity index (χ3v) is 9.16. The van der Waals surface area contributed by atoms with Gasteiger partial charge in [0.05, 0.1) is 6.10 Å². The van der Waals surface area contributed by atoms with Crippen LogP contribution in [0.2, 0.25) is 0 Å². The van der Waals surface area contributed by atoms with Crippen LogP contribution >= 0.6 is 0 Å². The fraction of sp³-hybridized carbons (Fsp3) is 0.870. The van der Waals surface area contributed by atoms with Crippen LogP contribution in [0.15, 0.2) is 12.2 Å². The molecule has 4 rings (SSSR count). The minimum absolute atomic E-state index is 0.0377. The van der Waals surface area contributed by atoms with Gasteiger partial charge in [-0.3, -0.25) is 4.79 Å². The molecule has 0 spiro atoms.